The fourth-order valence-corrected chi connectivity index (χ4v) is 3.63. The SMILES string of the molecule is C=CCOc1ccccc1/C=C1\SC(=O)N(CC(=O)Nc2ccc(Br)cc2)C1=O. The summed E-state index contributed by atoms with van der Waals surface area (Å²) in [5.41, 5.74) is 1.24. The monoisotopic (exact) mass is 472 g/mol. The van der Waals surface area contributed by atoms with Crippen LogP contribution in [0.2, 0.25) is 0 Å². The van der Waals surface area contributed by atoms with Gasteiger partial charge in [-0.25, -0.2) is 0 Å². The van der Waals surface area contributed by atoms with E-state index >= 15 is 0 Å². The lowest BCUT2D eigenvalue weighted by molar-refractivity contribution is -0.127. The van der Waals surface area contributed by atoms with Gasteiger partial charge >= 0.3 is 0 Å². The Bertz CT molecular complexity index is 988. The largest absolute Gasteiger partial charge is 0.489 e. The molecule has 0 bridgehead atoms. The van der Waals surface area contributed by atoms with E-state index in [1.54, 1.807) is 48.6 Å². The molecule has 1 N–H and O–H groups in total. The van der Waals surface area contributed by atoms with Crippen molar-refractivity contribution in [3.05, 3.63) is 76.1 Å². The maximum Gasteiger partial charge on any atom is 0.294 e. The van der Waals surface area contributed by atoms with Crippen LogP contribution in [-0.2, 0) is 9.59 Å². The van der Waals surface area contributed by atoms with Crippen LogP contribution in [0.5, 0.6) is 5.75 Å². The number of hydrogen-bond donors (Lipinski definition) is 1. The van der Waals surface area contributed by atoms with Gasteiger partial charge in [-0.15, -0.1) is 0 Å². The minimum Gasteiger partial charge on any atom is -0.489 e. The van der Waals surface area contributed by atoms with E-state index in [-0.39, 0.29) is 11.4 Å². The lowest BCUT2D eigenvalue weighted by atomic mass is 10.2. The first-order valence-electron chi connectivity index (χ1n) is 8.61. The number of imide groups is 1. The van der Waals surface area contributed by atoms with Crippen molar-refractivity contribution >= 4 is 56.5 Å². The first-order valence-corrected chi connectivity index (χ1v) is 10.2. The minimum atomic E-state index is -0.510. The molecule has 0 unspecified atom stereocenters. The van der Waals surface area contributed by atoms with Crippen LogP contribution >= 0.6 is 27.7 Å². The van der Waals surface area contributed by atoms with Crippen molar-refractivity contribution in [2.75, 3.05) is 18.5 Å². The summed E-state index contributed by atoms with van der Waals surface area (Å²) in [6, 6.07) is 14.2. The van der Waals surface area contributed by atoms with Crippen LogP contribution in [0.15, 0.2) is 70.6 Å². The number of ether oxygens (including phenoxy) is 1. The number of nitrogens with zero attached hydrogens (tertiary/aromatic N) is 1. The molecular formula is C21H17BrN2O4S. The molecule has 0 radical (unpaired) electrons. The molecular weight excluding hydrogens is 456 g/mol. The summed E-state index contributed by atoms with van der Waals surface area (Å²) >= 11 is 4.11. The number of carbonyl (C=O) groups excluding carboxylic acids is 3. The number of rotatable bonds is 7. The van der Waals surface area contributed by atoms with Gasteiger partial charge in [-0.05, 0) is 48.2 Å². The summed E-state index contributed by atoms with van der Waals surface area (Å²) in [6.07, 6.45) is 3.21. The molecule has 1 aliphatic heterocycles. The van der Waals surface area contributed by atoms with E-state index in [1.165, 1.54) is 0 Å². The topological polar surface area (TPSA) is 75.7 Å². The van der Waals surface area contributed by atoms with Gasteiger partial charge < -0.3 is 10.1 Å². The molecule has 1 fully saturated rings. The summed E-state index contributed by atoms with van der Waals surface area (Å²) in [6.45, 7) is 3.58. The maximum atomic E-state index is 12.7. The lowest BCUT2D eigenvalue weighted by Gasteiger charge is -2.12. The predicted octanol–water partition coefficient (Wildman–Crippen LogP) is 4.69. The Balaban J connectivity index is 1.71. The molecule has 8 heteroatoms. The number of nitrogens with one attached hydrogen (secondary N) is 1. The smallest absolute Gasteiger partial charge is 0.294 e. The van der Waals surface area contributed by atoms with E-state index in [0.717, 1.165) is 21.1 Å². The van der Waals surface area contributed by atoms with Gasteiger partial charge in [0, 0.05) is 15.7 Å². The molecule has 3 amide bonds. The Kier molecular flexibility index (Phi) is 6.90. The third-order valence-corrected chi connectivity index (χ3v) is 5.30. The molecule has 29 heavy (non-hydrogen) atoms. The molecule has 0 aromatic heterocycles. The Labute approximate surface area is 180 Å². The second kappa shape index (κ2) is 9.58. The second-order valence-corrected chi connectivity index (χ2v) is 7.87. The molecule has 6 nitrogen and oxygen atoms in total. The third-order valence-electron chi connectivity index (χ3n) is 3.87. The van der Waals surface area contributed by atoms with E-state index in [9.17, 15) is 14.4 Å². The highest BCUT2D eigenvalue weighted by Gasteiger charge is 2.36. The zero-order valence-electron chi connectivity index (χ0n) is 15.3. The van der Waals surface area contributed by atoms with E-state index in [2.05, 4.69) is 27.8 Å². The molecule has 0 aliphatic carbocycles. The van der Waals surface area contributed by atoms with Gasteiger partial charge in [0.15, 0.2) is 0 Å². The van der Waals surface area contributed by atoms with Gasteiger partial charge in [0.2, 0.25) is 5.91 Å². The van der Waals surface area contributed by atoms with Gasteiger partial charge in [0.25, 0.3) is 11.1 Å². The quantitative estimate of drug-likeness (QED) is 0.467. The number of benzene rings is 2. The first kappa shape index (κ1) is 20.9. The number of thioether (sulfide) groups is 1. The fraction of sp³-hybridized carbons (Fsp3) is 0.0952. The standard InChI is InChI=1S/C21H17BrN2O4S/c1-2-11-28-17-6-4-3-5-14(17)12-18-20(26)24(21(27)29-18)13-19(25)23-16-9-7-15(22)8-10-16/h2-10,12H,1,11,13H2,(H,23,25)/b18-12-. The van der Waals surface area contributed by atoms with Crippen LogP contribution in [-0.4, -0.2) is 35.1 Å². The van der Waals surface area contributed by atoms with E-state index in [1.807, 2.05) is 12.1 Å². The molecule has 3 rings (SSSR count). The number of anilines is 1. The third kappa shape index (κ3) is 5.36. The molecule has 0 atom stereocenters. The number of carbonyl (C=O) groups is 3. The van der Waals surface area contributed by atoms with Crippen LogP contribution in [0, 0.1) is 0 Å². The molecule has 1 saturated heterocycles. The van der Waals surface area contributed by atoms with Gasteiger partial charge in [-0.3, -0.25) is 19.3 Å². The summed E-state index contributed by atoms with van der Waals surface area (Å²) in [7, 11) is 0. The van der Waals surface area contributed by atoms with E-state index in [0.29, 0.717) is 23.6 Å². The molecule has 0 spiro atoms. The number of amides is 3. The Morgan fingerprint density at radius 3 is 2.62 bits per heavy atom. The molecule has 1 aliphatic rings. The van der Waals surface area contributed by atoms with Gasteiger partial charge in [0.1, 0.15) is 18.9 Å². The minimum absolute atomic E-state index is 0.237. The number of para-hydroxylation sites is 1. The number of hydrogen-bond acceptors (Lipinski definition) is 5. The van der Waals surface area contributed by atoms with Crippen LogP contribution in [0.1, 0.15) is 5.56 Å². The first-order chi connectivity index (χ1) is 14.0. The van der Waals surface area contributed by atoms with E-state index < -0.39 is 17.1 Å². The summed E-state index contributed by atoms with van der Waals surface area (Å²) in [5.74, 6) is -0.387. The number of halogens is 1. The van der Waals surface area contributed by atoms with Crippen LogP contribution in [0.3, 0.4) is 0 Å². The van der Waals surface area contributed by atoms with Crippen molar-refractivity contribution in [2.24, 2.45) is 0 Å². The van der Waals surface area contributed by atoms with Crippen molar-refractivity contribution in [1.82, 2.24) is 4.90 Å². The molecule has 2 aromatic rings. The second-order valence-electron chi connectivity index (χ2n) is 5.96. The molecule has 2 aromatic carbocycles. The Morgan fingerprint density at radius 1 is 1.17 bits per heavy atom. The van der Waals surface area contributed by atoms with E-state index in [4.69, 9.17) is 4.74 Å². The Morgan fingerprint density at radius 2 is 1.90 bits per heavy atom. The maximum absolute atomic E-state index is 12.7. The molecule has 1 heterocycles. The summed E-state index contributed by atoms with van der Waals surface area (Å²) in [5, 5.41) is 2.18. The van der Waals surface area contributed by atoms with Crippen molar-refractivity contribution < 1.29 is 19.1 Å². The van der Waals surface area contributed by atoms with Gasteiger partial charge in [-0.2, -0.15) is 0 Å². The summed E-state index contributed by atoms with van der Waals surface area (Å²) in [4.78, 5) is 38.3. The zero-order chi connectivity index (χ0) is 20.8. The highest BCUT2D eigenvalue weighted by Crippen LogP contribution is 2.33. The van der Waals surface area contributed by atoms with Crippen molar-refractivity contribution in [3.63, 3.8) is 0 Å². The zero-order valence-corrected chi connectivity index (χ0v) is 17.7. The average Bonchev–Trinajstić information content (AvgIpc) is 2.96. The van der Waals surface area contributed by atoms with Gasteiger partial charge in [-0.1, -0.05) is 46.8 Å². The van der Waals surface area contributed by atoms with Crippen LogP contribution < -0.4 is 10.1 Å². The van der Waals surface area contributed by atoms with Crippen molar-refractivity contribution in [2.45, 2.75) is 0 Å². The Hall–Kier alpha value is -2.84. The van der Waals surface area contributed by atoms with Crippen molar-refractivity contribution in [1.29, 1.82) is 0 Å². The highest BCUT2D eigenvalue weighted by molar-refractivity contribution is 9.10. The highest BCUT2D eigenvalue weighted by atomic mass is 79.9. The summed E-state index contributed by atoms with van der Waals surface area (Å²) < 4.78 is 6.45. The lowest BCUT2D eigenvalue weighted by Crippen LogP contribution is -2.36. The van der Waals surface area contributed by atoms with Crippen molar-refractivity contribution in [3.8, 4) is 5.75 Å². The fourth-order valence-electron chi connectivity index (χ4n) is 2.53. The van der Waals surface area contributed by atoms with Crippen LogP contribution in [0.4, 0.5) is 10.5 Å². The predicted molar refractivity (Wildman–Crippen MR) is 118 cm³/mol. The normalized spacial score (nSPS) is 14.9. The molecule has 148 valence electrons. The van der Waals surface area contributed by atoms with Crippen LogP contribution in [0.25, 0.3) is 6.08 Å². The van der Waals surface area contributed by atoms with Gasteiger partial charge in [0.05, 0.1) is 4.91 Å². The molecule has 0 saturated carbocycles. The average molecular weight is 473 g/mol.